The highest BCUT2D eigenvalue weighted by molar-refractivity contribution is 8.27. The minimum atomic E-state index is -0.408. The van der Waals surface area contributed by atoms with Gasteiger partial charge < -0.3 is 10.6 Å². The van der Waals surface area contributed by atoms with Gasteiger partial charge in [0.1, 0.15) is 10.9 Å². The van der Waals surface area contributed by atoms with Crippen LogP contribution in [-0.2, 0) is 14.4 Å². The number of para-hydroxylation sites is 1. The lowest BCUT2D eigenvalue weighted by atomic mass is 10.1. The third-order valence-electron chi connectivity index (χ3n) is 4.20. The van der Waals surface area contributed by atoms with Gasteiger partial charge >= 0.3 is 0 Å². The SMILES string of the molecule is O=C(CN1C(=O)/C(=C2\SC(=S)NC2=O)c2ccccc21)Nc1ccc(Cl)cc1. The summed E-state index contributed by atoms with van der Waals surface area (Å²) < 4.78 is 0.303. The number of hydrogen-bond donors (Lipinski definition) is 2. The molecule has 1 saturated heterocycles. The van der Waals surface area contributed by atoms with Gasteiger partial charge in [-0.1, -0.05) is 53.8 Å². The van der Waals surface area contributed by atoms with Gasteiger partial charge in [0.15, 0.2) is 0 Å². The molecule has 1 fully saturated rings. The number of carbonyl (C=O) groups excluding carboxylic acids is 3. The fraction of sp³-hybridized carbons (Fsp3) is 0.0526. The molecule has 0 aliphatic carbocycles. The molecule has 2 aromatic carbocycles. The van der Waals surface area contributed by atoms with Gasteiger partial charge in [0, 0.05) is 16.3 Å². The van der Waals surface area contributed by atoms with E-state index >= 15 is 0 Å². The van der Waals surface area contributed by atoms with E-state index in [1.165, 1.54) is 4.90 Å². The molecule has 28 heavy (non-hydrogen) atoms. The van der Waals surface area contributed by atoms with Crippen LogP contribution < -0.4 is 15.5 Å². The van der Waals surface area contributed by atoms with Gasteiger partial charge in [-0.05, 0) is 30.3 Å². The molecular formula is C19H12ClN3O3S2. The maximum Gasteiger partial charge on any atom is 0.264 e. The molecule has 0 saturated carbocycles. The number of anilines is 2. The van der Waals surface area contributed by atoms with E-state index in [4.69, 9.17) is 23.8 Å². The van der Waals surface area contributed by atoms with Crippen molar-refractivity contribution in [2.24, 2.45) is 0 Å². The van der Waals surface area contributed by atoms with Gasteiger partial charge in [-0.2, -0.15) is 0 Å². The third kappa shape index (κ3) is 3.42. The lowest BCUT2D eigenvalue weighted by molar-refractivity contribution is -0.118. The number of benzene rings is 2. The van der Waals surface area contributed by atoms with Crippen molar-refractivity contribution in [2.75, 3.05) is 16.8 Å². The zero-order valence-corrected chi connectivity index (χ0v) is 16.6. The lowest BCUT2D eigenvalue weighted by Crippen LogP contribution is -2.35. The predicted octanol–water partition coefficient (Wildman–Crippen LogP) is 3.18. The second-order valence-corrected chi connectivity index (χ2v) is 8.14. The number of thioether (sulfide) groups is 1. The van der Waals surface area contributed by atoms with Crippen molar-refractivity contribution in [3.8, 4) is 0 Å². The van der Waals surface area contributed by atoms with Gasteiger partial charge in [0.2, 0.25) is 5.91 Å². The van der Waals surface area contributed by atoms with Crippen LogP contribution in [0.1, 0.15) is 5.56 Å². The fourth-order valence-electron chi connectivity index (χ4n) is 3.01. The van der Waals surface area contributed by atoms with Crippen molar-refractivity contribution in [3.05, 3.63) is 64.0 Å². The number of fused-ring (bicyclic) bond motifs is 1. The Bertz CT molecular complexity index is 1070. The van der Waals surface area contributed by atoms with Crippen molar-refractivity contribution in [2.45, 2.75) is 0 Å². The fourth-order valence-corrected chi connectivity index (χ4v) is 4.25. The molecule has 0 bridgehead atoms. The van der Waals surface area contributed by atoms with Gasteiger partial charge in [0.25, 0.3) is 11.8 Å². The summed E-state index contributed by atoms with van der Waals surface area (Å²) in [6.07, 6.45) is 0. The molecule has 0 unspecified atom stereocenters. The molecule has 0 atom stereocenters. The van der Waals surface area contributed by atoms with E-state index in [0.717, 1.165) is 11.8 Å². The van der Waals surface area contributed by atoms with Crippen molar-refractivity contribution in [3.63, 3.8) is 0 Å². The molecule has 140 valence electrons. The van der Waals surface area contributed by atoms with Crippen LogP contribution in [0.4, 0.5) is 11.4 Å². The normalized spacial score (nSPS) is 18.3. The van der Waals surface area contributed by atoms with Crippen LogP contribution in [0.25, 0.3) is 5.57 Å². The molecule has 0 spiro atoms. The summed E-state index contributed by atoms with van der Waals surface area (Å²) in [4.78, 5) is 39.4. The number of halogens is 1. The number of nitrogens with zero attached hydrogens (tertiary/aromatic N) is 1. The van der Waals surface area contributed by atoms with Gasteiger partial charge in [0.05, 0.1) is 16.2 Å². The van der Waals surface area contributed by atoms with E-state index in [9.17, 15) is 14.4 Å². The zero-order valence-electron chi connectivity index (χ0n) is 14.2. The van der Waals surface area contributed by atoms with Crippen LogP contribution in [0.2, 0.25) is 5.02 Å². The van der Waals surface area contributed by atoms with Gasteiger partial charge in [-0.15, -0.1) is 0 Å². The molecule has 4 rings (SSSR count). The molecule has 2 aromatic rings. The van der Waals surface area contributed by atoms with E-state index in [1.807, 2.05) is 0 Å². The Morgan fingerprint density at radius 3 is 2.54 bits per heavy atom. The second kappa shape index (κ2) is 7.38. The number of hydrogen-bond acceptors (Lipinski definition) is 5. The minimum absolute atomic E-state index is 0.189. The first-order valence-electron chi connectivity index (χ1n) is 8.18. The van der Waals surface area contributed by atoms with Crippen molar-refractivity contribution in [1.82, 2.24) is 5.32 Å². The zero-order chi connectivity index (χ0) is 19.8. The highest BCUT2D eigenvalue weighted by Gasteiger charge is 2.39. The van der Waals surface area contributed by atoms with Crippen LogP contribution in [-0.4, -0.2) is 28.6 Å². The number of nitrogens with one attached hydrogen (secondary N) is 2. The van der Waals surface area contributed by atoms with Crippen LogP contribution in [0.15, 0.2) is 53.4 Å². The summed E-state index contributed by atoms with van der Waals surface area (Å²) >= 11 is 11.9. The van der Waals surface area contributed by atoms with E-state index in [0.29, 0.717) is 26.3 Å². The summed E-state index contributed by atoms with van der Waals surface area (Å²) in [5.41, 5.74) is 2.02. The first kappa shape index (κ1) is 18.7. The highest BCUT2D eigenvalue weighted by atomic mass is 35.5. The summed E-state index contributed by atoms with van der Waals surface area (Å²) in [6.45, 7) is -0.189. The Hall–Kier alpha value is -2.68. The predicted molar refractivity (Wildman–Crippen MR) is 114 cm³/mol. The molecule has 9 heteroatoms. The van der Waals surface area contributed by atoms with Crippen LogP contribution in [0.3, 0.4) is 0 Å². The van der Waals surface area contributed by atoms with E-state index in [2.05, 4.69) is 10.6 Å². The Morgan fingerprint density at radius 1 is 1.14 bits per heavy atom. The summed E-state index contributed by atoms with van der Waals surface area (Å²) in [6, 6.07) is 13.7. The third-order valence-corrected chi connectivity index (χ3v) is 5.68. The average Bonchev–Trinajstić information content (AvgIpc) is 3.13. The molecule has 2 heterocycles. The molecule has 2 N–H and O–H groups in total. The molecular weight excluding hydrogens is 418 g/mol. The largest absolute Gasteiger partial charge is 0.325 e. The van der Waals surface area contributed by atoms with Crippen LogP contribution in [0.5, 0.6) is 0 Å². The highest BCUT2D eigenvalue weighted by Crippen LogP contribution is 2.42. The standard InChI is InChI=1S/C19H12ClN3O3S2/c20-10-5-7-11(8-6-10)21-14(24)9-23-13-4-2-1-3-12(13)15(18(23)26)16-17(25)22-19(27)28-16/h1-8H,9H2,(H,21,24)(H,22,25,27)/b16-15-. The topological polar surface area (TPSA) is 78.5 Å². The summed E-state index contributed by atoms with van der Waals surface area (Å²) in [5.74, 6) is -1.17. The van der Waals surface area contributed by atoms with Crippen LogP contribution >= 0.6 is 35.6 Å². The van der Waals surface area contributed by atoms with E-state index in [1.54, 1.807) is 48.5 Å². The molecule has 0 aromatic heterocycles. The molecule has 3 amide bonds. The van der Waals surface area contributed by atoms with Crippen molar-refractivity contribution >= 4 is 74.6 Å². The van der Waals surface area contributed by atoms with Crippen molar-refractivity contribution < 1.29 is 14.4 Å². The average molecular weight is 430 g/mol. The summed E-state index contributed by atoms with van der Waals surface area (Å²) in [5, 5.41) is 5.82. The number of carbonyl (C=O) groups is 3. The Balaban J connectivity index is 1.63. The molecule has 0 radical (unpaired) electrons. The maximum atomic E-state index is 13.1. The Labute approximate surface area is 174 Å². The monoisotopic (exact) mass is 429 g/mol. The molecule has 2 aliphatic rings. The number of amides is 3. The smallest absolute Gasteiger partial charge is 0.264 e. The van der Waals surface area contributed by atoms with Crippen molar-refractivity contribution in [1.29, 1.82) is 0 Å². The van der Waals surface area contributed by atoms with E-state index < -0.39 is 11.8 Å². The molecule has 2 aliphatic heterocycles. The summed E-state index contributed by atoms with van der Waals surface area (Å²) in [7, 11) is 0. The number of rotatable bonds is 3. The minimum Gasteiger partial charge on any atom is -0.325 e. The number of thiocarbonyl (C=S) groups is 1. The van der Waals surface area contributed by atoms with E-state index in [-0.39, 0.29) is 22.9 Å². The van der Waals surface area contributed by atoms with Gasteiger partial charge in [-0.25, -0.2) is 0 Å². The maximum absolute atomic E-state index is 13.1. The Kier molecular flexibility index (Phi) is 4.92. The molecule has 6 nitrogen and oxygen atoms in total. The lowest BCUT2D eigenvalue weighted by Gasteiger charge is -2.16. The first-order valence-corrected chi connectivity index (χ1v) is 9.78. The Morgan fingerprint density at radius 2 is 1.86 bits per heavy atom. The van der Waals surface area contributed by atoms with Crippen LogP contribution in [0, 0.1) is 0 Å². The van der Waals surface area contributed by atoms with Gasteiger partial charge in [-0.3, -0.25) is 19.3 Å². The quantitative estimate of drug-likeness (QED) is 0.578. The second-order valence-electron chi connectivity index (χ2n) is 6.01. The first-order chi connectivity index (χ1) is 13.4.